The highest BCUT2D eigenvalue weighted by Gasteiger charge is 2.40. The van der Waals surface area contributed by atoms with E-state index in [1.807, 2.05) is 18.7 Å². The molecule has 0 aliphatic carbocycles. The molecule has 0 radical (unpaired) electrons. The Balaban J connectivity index is 2.41. The molecular weight excluding hydrogens is 407 g/mol. The third kappa shape index (κ3) is 3.97. The maximum atomic E-state index is 13.9. The van der Waals surface area contributed by atoms with Gasteiger partial charge in [-0.3, -0.25) is 9.69 Å². The van der Waals surface area contributed by atoms with Gasteiger partial charge in [0.2, 0.25) is 11.2 Å². The Hall–Kier alpha value is -2.51. The number of phenolic OH excluding ortho intramolecular Hbond substituents is 1. The van der Waals surface area contributed by atoms with Crippen LogP contribution in [0.25, 0.3) is 22.1 Å². The van der Waals surface area contributed by atoms with Crippen molar-refractivity contribution in [1.29, 1.82) is 0 Å². The van der Waals surface area contributed by atoms with Gasteiger partial charge in [-0.25, -0.2) is 0 Å². The van der Waals surface area contributed by atoms with Gasteiger partial charge in [-0.2, -0.15) is 13.2 Å². The summed E-state index contributed by atoms with van der Waals surface area (Å²) in [7, 11) is 0. The summed E-state index contributed by atoms with van der Waals surface area (Å²) in [6.45, 7) is 5.14. The fraction of sp³-hybridized carbons (Fsp3) is 0.286. The second-order valence-corrected chi connectivity index (χ2v) is 6.92. The molecule has 4 nitrogen and oxygen atoms in total. The molecule has 2 aromatic carbocycles. The predicted molar refractivity (Wildman–Crippen MR) is 106 cm³/mol. The lowest BCUT2D eigenvalue weighted by molar-refractivity contribution is -0.152. The van der Waals surface area contributed by atoms with Crippen LogP contribution in [-0.2, 0) is 12.7 Å². The van der Waals surface area contributed by atoms with E-state index in [1.165, 1.54) is 30.3 Å². The van der Waals surface area contributed by atoms with Crippen LogP contribution < -0.4 is 5.43 Å². The molecule has 3 rings (SSSR count). The van der Waals surface area contributed by atoms with Crippen LogP contribution in [0.4, 0.5) is 13.2 Å². The van der Waals surface area contributed by atoms with Crippen LogP contribution in [0.2, 0.25) is 5.02 Å². The Morgan fingerprint density at radius 1 is 1.10 bits per heavy atom. The molecule has 8 heteroatoms. The molecule has 0 aliphatic rings. The Bertz CT molecular complexity index is 1100. The van der Waals surface area contributed by atoms with Gasteiger partial charge in [-0.1, -0.05) is 43.6 Å². The minimum atomic E-state index is -4.93. The summed E-state index contributed by atoms with van der Waals surface area (Å²) in [4.78, 5) is 15.0. The lowest BCUT2D eigenvalue weighted by Gasteiger charge is -2.20. The van der Waals surface area contributed by atoms with Crippen LogP contribution >= 0.6 is 11.6 Å². The quantitative estimate of drug-likeness (QED) is 0.571. The Labute approximate surface area is 170 Å². The van der Waals surface area contributed by atoms with Crippen LogP contribution in [0.3, 0.4) is 0 Å². The summed E-state index contributed by atoms with van der Waals surface area (Å²) in [5.74, 6) is -1.67. The number of hydrogen-bond acceptors (Lipinski definition) is 4. The number of aromatic hydroxyl groups is 1. The van der Waals surface area contributed by atoms with Gasteiger partial charge in [0, 0.05) is 17.1 Å². The van der Waals surface area contributed by atoms with Gasteiger partial charge in [0.15, 0.2) is 0 Å². The van der Waals surface area contributed by atoms with Gasteiger partial charge in [0.1, 0.15) is 11.3 Å². The number of phenols is 1. The van der Waals surface area contributed by atoms with Crippen molar-refractivity contribution < 1.29 is 22.7 Å². The van der Waals surface area contributed by atoms with Crippen LogP contribution in [0.5, 0.6) is 5.75 Å². The molecule has 1 N–H and O–H groups in total. The summed E-state index contributed by atoms with van der Waals surface area (Å²) in [6, 6.07) is 8.36. The van der Waals surface area contributed by atoms with Crippen molar-refractivity contribution in [2.75, 3.05) is 13.1 Å². The van der Waals surface area contributed by atoms with Crippen molar-refractivity contribution >= 4 is 22.6 Å². The number of alkyl halides is 3. The van der Waals surface area contributed by atoms with Crippen molar-refractivity contribution in [3.63, 3.8) is 0 Å². The average Bonchev–Trinajstić information content (AvgIpc) is 2.67. The molecular formula is C21H19ClF3NO3. The number of benzene rings is 2. The number of fused-ring (bicyclic) bond motifs is 1. The van der Waals surface area contributed by atoms with Crippen molar-refractivity contribution in [2.24, 2.45) is 0 Å². The maximum Gasteiger partial charge on any atom is 0.450 e. The molecule has 0 fully saturated rings. The molecule has 1 aromatic heterocycles. The highest BCUT2D eigenvalue weighted by atomic mass is 35.5. The first-order chi connectivity index (χ1) is 13.7. The van der Waals surface area contributed by atoms with Gasteiger partial charge in [0.25, 0.3) is 0 Å². The minimum absolute atomic E-state index is 0.00629. The van der Waals surface area contributed by atoms with Crippen molar-refractivity contribution in [3.8, 4) is 16.9 Å². The molecule has 0 amide bonds. The van der Waals surface area contributed by atoms with E-state index in [-0.39, 0.29) is 39.4 Å². The van der Waals surface area contributed by atoms with Crippen molar-refractivity contribution in [3.05, 3.63) is 63.0 Å². The smallest absolute Gasteiger partial charge is 0.450 e. The standard InChI is InChI=1S/C21H19ClF3NO3/c1-3-26(4-2)11-14-16(27)10-9-13-18(28)17(12-7-5-6-8-15(12)22)20(21(23,24)25)29-19(13)14/h5-10,27H,3-4,11H2,1-2H3. The zero-order valence-electron chi connectivity index (χ0n) is 15.8. The zero-order valence-corrected chi connectivity index (χ0v) is 16.6. The van der Waals surface area contributed by atoms with Crippen LogP contribution in [0, 0.1) is 0 Å². The highest BCUT2D eigenvalue weighted by molar-refractivity contribution is 6.33. The third-order valence-electron chi connectivity index (χ3n) is 4.82. The lowest BCUT2D eigenvalue weighted by Crippen LogP contribution is -2.23. The summed E-state index contributed by atoms with van der Waals surface area (Å²) in [5.41, 5.74) is -1.69. The second kappa shape index (κ2) is 8.08. The van der Waals surface area contributed by atoms with E-state index in [0.29, 0.717) is 13.1 Å². The Morgan fingerprint density at radius 3 is 2.34 bits per heavy atom. The lowest BCUT2D eigenvalue weighted by atomic mass is 10.00. The Morgan fingerprint density at radius 2 is 1.76 bits per heavy atom. The molecule has 0 saturated carbocycles. The fourth-order valence-corrected chi connectivity index (χ4v) is 3.47. The normalized spacial score (nSPS) is 12.1. The van der Waals surface area contributed by atoms with Gasteiger partial charge in [-0.05, 0) is 31.3 Å². The first-order valence-electron chi connectivity index (χ1n) is 9.05. The molecule has 0 bridgehead atoms. The van der Waals surface area contributed by atoms with E-state index >= 15 is 0 Å². The number of nitrogens with zero attached hydrogens (tertiary/aromatic N) is 1. The number of rotatable bonds is 5. The molecule has 29 heavy (non-hydrogen) atoms. The Kier molecular flexibility index (Phi) is 5.91. The number of halogens is 4. The first kappa shape index (κ1) is 21.2. The maximum absolute atomic E-state index is 13.9. The summed E-state index contributed by atoms with van der Waals surface area (Å²) < 4.78 is 46.8. The molecule has 154 valence electrons. The van der Waals surface area contributed by atoms with Crippen LogP contribution in [-0.4, -0.2) is 23.1 Å². The summed E-state index contributed by atoms with van der Waals surface area (Å²) >= 11 is 6.07. The largest absolute Gasteiger partial charge is 0.507 e. The van der Waals surface area contributed by atoms with Crippen molar-refractivity contribution in [1.82, 2.24) is 4.90 Å². The fourth-order valence-electron chi connectivity index (χ4n) is 3.24. The monoisotopic (exact) mass is 425 g/mol. The minimum Gasteiger partial charge on any atom is -0.507 e. The van der Waals surface area contributed by atoms with Gasteiger partial charge < -0.3 is 9.52 Å². The van der Waals surface area contributed by atoms with Crippen molar-refractivity contribution in [2.45, 2.75) is 26.6 Å². The summed E-state index contributed by atoms with van der Waals surface area (Å²) in [6.07, 6.45) is -4.93. The topological polar surface area (TPSA) is 53.7 Å². The zero-order chi connectivity index (χ0) is 21.3. The molecule has 3 aromatic rings. The van der Waals surface area contributed by atoms with Gasteiger partial charge >= 0.3 is 6.18 Å². The summed E-state index contributed by atoms with van der Waals surface area (Å²) in [5, 5.41) is 10.2. The first-order valence-corrected chi connectivity index (χ1v) is 9.42. The average molecular weight is 426 g/mol. The molecule has 1 heterocycles. The third-order valence-corrected chi connectivity index (χ3v) is 5.15. The van der Waals surface area contributed by atoms with E-state index in [1.54, 1.807) is 6.07 Å². The van der Waals surface area contributed by atoms with E-state index in [0.717, 1.165) is 0 Å². The molecule has 0 spiro atoms. The van der Waals surface area contributed by atoms with E-state index in [4.69, 9.17) is 16.0 Å². The van der Waals surface area contributed by atoms with E-state index in [9.17, 15) is 23.1 Å². The van der Waals surface area contributed by atoms with E-state index < -0.39 is 22.9 Å². The second-order valence-electron chi connectivity index (χ2n) is 6.51. The predicted octanol–water partition coefficient (Wildman–Crippen LogP) is 5.68. The van der Waals surface area contributed by atoms with Gasteiger partial charge in [-0.15, -0.1) is 0 Å². The molecule has 0 unspecified atom stereocenters. The molecule has 0 saturated heterocycles. The highest BCUT2D eigenvalue weighted by Crippen LogP contribution is 2.40. The van der Waals surface area contributed by atoms with Gasteiger partial charge in [0.05, 0.1) is 16.5 Å². The van der Waals surface area contributed by atoms with E-state index in [2.05, 4.69) is 0 Å². The molecule has 0 atom stereocenters. The number of hydrogen-bond donors (Lipinski definition) is 1. The van der Waals surface area contributed by atoms with Crippen LogP contribution in [0.1, 0.15) is 25.2 Å². The molecule has 0 aliphatic heterocycles. The SMILES string of the molecule is CCN(CC)Cc1c(O)ccc2c(=O)c(-c3ccccc3Cl)c(C(F)(F)F)oc12. The van der Waals surface area contributed by atoms with Crippen LogP contribution in [0.15, 0.2) is 45.6 Å².